The van der Waals surface area contributed by atoms with Crippen LogP contribution in [0.15, 0.2) is 24.4 Å². The second-order valence-electron chi connectivity index (χ2n) is 5.98. The Balaban J connectivity index is 1.70. The second-order valence-corrected chi connectivity index (χ2v) is 5.98. The molecule has 0 saturated carbocycles. The minimum Gasteiger partial charge on any atom is -0.374 e. The Morgan fingerprint density at radius 1 is 1.20 bits per heavy atom. The Morgan fingerprint density at radius 3 is 2.55 bits per heavy atom. The van der Waals surface area contributed by atoms with Gasteiger partial charge in [-0.1, -0.05) is 13.0 Å². The van der Waals surface area contributed by atoms with E-state index in [4.69, 9.17) is 4.74 Å². The van der Waals surface area contributed by atoms with Gasteiger partial charge in [0.15, 0.2) is 0 Å². The Kier molecular flexibility index (Phi) is 5.38. The highest BCUT2D eigenvalue weighted by atomic mass is 16.5. The van der Waals surface area contributed by atoms with Gasteiger partial charge in [0.05, 0.1) is 12.2 Å². The van der Waals surface area contributed by atoms with E-state index in [9.17, 15) is 0 Å². The molecular formula is C16H27N3O. The van der Waals surface area contributed by atoms with E-state index in [1.165, 1.54) is 0 Å². The fourth-order valence-corrected chi connectivity index (χ4v) is 2.29. The third-order valence-corrected chi connectivity index (χ3v) is 4.10. The second kappa shape index (κ2) is 7.04. The van der Waals surface area contributed by atoms with Gasteiger partial charge in [0.25, 0.3) is 0 Å². The van der Waals surface area contributed by atoms with E-state index >= 15 is 0 Å². The largest absolute Gasteiger partial charge is 0.374 e. The minimum atomic E-state index is 0.00970. The Morgan fingerprint density at radius 2 is 1.95 bits per heavy atom. The molecule has 1 aliphatic rings. The maximum absolute atomic E-state index is 5.93. The molecule has 0 atom stereocenters. The summed E-state index contributed by atoms with van der Waals surface area (Å²) < 4.78 is 5.93. The van der Waals surface area contributed by atoms with Gasteiger partial charge in [-0.15, -0.1) is 0 Å². The quantitative estimate of drug-likeness (QED) is 0.798. The number of hydrogen-bond acceptors (Lipinski definition) is 4. The SMILES string of the molecule is CCC(C)(C)OCCN1CCN(c2ccccn2)CC1. The number of piperazine rings is 1. The Bertz CT molecular complexity index is 386. The topological polar surface area (TPSA) is 28.6 Å². The highest BCUT2D eigenvalue weighted by Crippen LogP contribution is 2.14. The van der Waals surface area contributed by atoms with E-state index in [1.807, 2.05) is 12.3 Å². The van der Waals surface area contributed by atoms with Crippen molar-refractivity contribution in [3.8, 4) is 0 Å². The Labute approximate surface area is 122 Å². The summed E-state index contributed by atoms with van der Waals surface area (Å²) >= 11 is 0. The molecule has 2 rings (SSSR count). The van der Waals surface area contributed by atoms with Gasteiger partial charge in [-0.3, -0.25) is 4.90 Å². The molecule has 0 radical (unpaired) electrons. The predicted molar refractivity (Wildman–Crippen MR) is 83.2 cm³/mol. The van der Waals surface area contributed by atoms with Crippen LogP contribution in [0.4, 0.5) is 5.82 Å². The van der Waals surface area contributed by atoms with Gasteiger partial charge < -0.3 is 9.64 Å². The number of aromatic nitrogens is 1. The van der Waals surface area contributed by atoms with Crippen LogP contribution in [0.5, 0.6) is 0 Å². The van der Waals surface area contributed by atoms with Gasteiger partial charge in [-0.25, -0.2) is 4.98 Å². The molecule has 4 nitrogen and oxygen atoms in total. The molecule has 1 saturated heterocycles. The third kappa shape index (κ3) is 4.46. The highest BCUT2D eigenvalue weighted by Gasteiger charge is 2.19. The summed E-state index contributed by atoms with van der Waals surface area (Å²) in [6.45, 7) is 12.6. The molecule has 0 aromatic carbocycles. The van der Waals surface area contributed by atoms with Gasteiger partial charge in [0, 0.05) is 38.9 Å². The molecule has 1 aliphatic heterocycles. The fourth-order valence-electron chi connectivity index (χ4n) is 2.29. The van der Waals surface area contributed by atoms with Crippen molar-refractivity contribution in [2.24, 2.45) is 0 Å². The average Bonchev–Trinajstić information content (AvgIpc) is 2.49. The lowest BCUT2D eigenvalue weighted by atomic mass is 10.1. The van der Waals surface area contributed by atoms with Crippen LogP contribution in [0.1, 0.15) is 27.2 Å². The number of anilines is 1. The van der Waals surface area contributed by atoms with Crippen LogP contribution >= 0.6 is 0 Å². The summed E-state index contributed by atoms with van der Waals surface area (Å²) in [5.41, 5.74) is 0.00970. The van der Waals surface area contributed by atoms with E-state index in [1.54, 1.807) is 0 Å². The first-order valence-electron chi connectivity index (χ1n) is 7.63. The molecule has 2 heterocycles. The molecule has 0 N–H and O–H groups in total. The molecule has 0 aliphatic carbocycles. The van der Waals surface area contributed by atoms with E-state index in [-0.39, 0.29) is 5.60 Å². The highest BCUT2D eigenvalue weighted by molar-refractivity contribution is 5.38. The van der Waals surface area contributed by atoms with Gasteiger partial charge in [-0.2, -0.15) is 0 Å². The van der Waals surface area contributed by atoms with E-state index in [0.29, 0.717) is 0 Å². The molecule has 1 fully saturated rings. The van der Waals surface area contributed by atoms with Crippen molar-refractivity contribution in [2.75, 3.05) is 44.2 Å². The van der Waals surface area contributed by atoms with Crippen molar-refractivity contribution in [2.45, 2.75) is 32.8 Å². The van der Waals surface area contributed by atoms with Crippen LogP contribution in [0.3, 0.4) is 0 Å². The van der Waals surface area contributed by atoms with Crippen molar-refractivity contribution in [3.05, 3.63) is 24.4 Å². The van der Waals surface area contributed by atoms with Crippen LogP contribution in [0.25, 0.3) is 0 Å². The summed E-state index contributed by atoms with van der Waals surface area (Å²) in [6, 6.07) is 6.10. The van der Waals surface area contributed by atoms with Crippen LogP contribution in [-0.2, 0) is 4.74 Å². The lowest BCUT2D eigenvalue weighted by Crippen LogP contribution is -2.48. The van der Waals surface area contributed by atoms with E-state index in [2.05, 4.69) is 47.7 Å². The van der Waals surface area contributed by atoms with Crippen LogP contribution < -0.4 is 4.90 Å². The molecule has 0 spiro atoms. The monoisotopic (exact) mass is 277 g/mol. The van der Waals surface area contributed by atoms with Gasteiger partial charge in [-0.05, 0) is 32.4 Å². The van der Waals surface area contributed by atoms with Crippen molar-refractivity contribution in [3.63, 3.8) is 0 Å². The Hall–Kier alpha value is -1.13. The zero-order chi connectivity index (χ0) is 14.4. The lowest BCUT2D eigenvalue weighted by molar-refractivity contribution is -0.0290. The van der Waals surface area contributed by atoms with Crippen molar-refractivity contribution in [1.29, 1.82) is 0 Å². The van der Waals surface area contributed by atoms with Crippen molar-refractivity contribution < 1.29 is 4.74 Å². The van der Waals surface area contributed by atoms with Gasteiger partial charge in [0.1, 0.15) is 5.82 Å². The first kappa shape index (κ1) is 15.3. The smallest absolute Gasteiger partial charge is 0.128 e. The summed E-state index contributed by atoms with van der Waals surface area (Å²) in [6.07, 6.45) is 2.92. The van der Waals surface area contributed by atoms with Crippen LogP contribution in [-0.4, -0.2) is 54.8 Å². The summed E-state index contributed by atoms with van der Waals surface area (Å²) in [7, 11) is 0. The lowest BCUT2D eigenvalue weighted by Gasteiger charge is -2.36. The maximum Gasteiger partial charge on any atom is 0.128 e. The molecule has 20 heavy (non-hydrogen) atoms. The number of ether oxygens (including phenoxy) is 1. The zero-order valence-electron chi connectivity index (χ0n) is 13.0. The minimum absolute atomic E-state index is 0.00970. The third-order valence-electron chi connectivity index (χ3n) is 4.10. The van der Waals surface area contributed by atoms with Crippen LogP contribution in [0.2, 0.25) is 0 Å². The molecule has 0 bridgehead atoms. The molecule has 1 aromatic heterocycles. The predicted octanol–water partition coefficient (Wildman–Crippen LogP) is 2.41. The van der Waals surface area contributed by atoms with Gasteiger partial charge in [0.2, 0.25) is 0 Å². The molecule has 112 valence electrons. The summed E-state index contributed by atoms with van der Waals surface area (Å²) in [5, 5.41) is 0. The number of nitrogens with zero attached hydrogens (tertiary/aromatic N) is 3. The first-order valence-corrected chi connectivity index (χ1v) is 7.63. The van der Waals surface area contributed by atoms with Crippen molar-refractivity contribution >= 4 is 5.82 Å². The van der Waals surface area contributed by atoms with Gasteiger partial charge >= 0.3 is 0 Å². The standard InChI is InChI=1S/C16H27N3O/c1-4-16(2,3)20-14-13-18-9-11-19(12-10-18)15-7-5-6-8-17-15/h5-8H,4,9-14H2,1-3H3. The molecule has 0 amide bonds. The fraction of sp³-hybridized carbons (Fsp3) is 0.688. The molecule has 0 unspecified atom stereocenters. The maximum atomic E-state index is 5.93. The number of hydrogen-bond donors (Lipinski definition) is 0. The van der Waals surface area contributed by atoms with Crippen molar-refractivity contribution in [1.82, 2.24) is 9.88 Å². The number of pyridine rings is 1. The van der Waals surface area contributed by atoms with Crippen LogP contribution in [0, 0.1) is 0 Å². The molecular weight excluding hydrogens is 250 g/mol. The molecule has 4 heteroatoms. The normalized spacial score (nSPS) is 17.4. The first-order chi connectivity index (χ1) is 9.61. The zero-order valence-corrected chi connectivity index (χ0v) is 13.0. The molecule has 1 aromatic rings. The number of rotatable bonds is 6. The summed E-state index contributed by atoms with van der Waals surface area (Å²) in [5.74, 6) is 1.09. The van der Waals surface area contributed by atoms with E-state index in [0.717, 1.165) is 51.6 Å². The van der Waals surface area contributed by atoms with E-state index < -0.39 is 0 Å². The average molecular weight is 277 g/mol. The summed E-state index contributed by atoms with van der Waals surface area (Å²) in [4.78, 5) is 9.25.